The highest BCUT2D eigenvalue weighted by Gasteiger charge is 2.34. The Balaban J connectivity index is 2.25. The summed E-state index contributed by atoms with van der Waals surface area (Å²) in [7, 11) is -3.94. The molecule has 20 heavy (non-hydrogen) atoms. The maximum atomic E-state index is 11.6. The average molecular weight is 333 g/mol. The number of nitrogens with two attached hydrogens (primary N) is 1. The summed E-state index contributed by atoms with van der Waals surface area (Å²) in [6.45, 7) is 0. The molecule has 0 radical (unpaired) electrons. The van der Waals surface area contributed by atoms with Crippen LogP contribution in [0.3, 0.4) is 0 Å². The summed E-state index contributed by atoms with van der Waals surface area (Å²) in [4.78, 5) is 0. The van der Waals surface area contributed by atoms with Gasteiger partial charge in [-0.15, -0.1) is 10.2 Å². The molecule has 1 aromatic heterocycles. The summed E-state index contributed by atoms with van der Waals surface area (Å²) in [5.41, 5.74) is 0.536. The van der Waals surface area contributed by atoms with Crippen molar-refractivity contribution in [1.82, 2.24) is 14.8 Å². The average Bonchev–Trinajstić information content (AvgIpc) is 3.09. The Labute approximate surface area is 125 Å². The molecule has 1 heterocycles. The number of aromatic nitrogens is 3. The molecule has 1 saturated carbocycles. The molecule has 0 atom stereocenters. The third-order valence-corrected chi connectivity index (χ3v) is 4.35. The first-order valence-corrected chi connectivity index (χ1v) is 8.11. The third-order valence-electron chi connectivity index (χ3n) is 3.00. The van der Waals surface area contributed by atoms with Crippen molar-refractivity contribution in [3.8, 4) is 11.4 Å². The van der Waals surface area contributed by atoms with Crippen LogP contribution < -0.4 is 5.14 Å². The SMILES string of the molecule is NS(=O)(=O)c1nnc(-c2cc(Cl)ccc2Cl)n1C1CC1. The fraction of sp³-hybridized carbons (Fsp3) is 0.273. The largest absolute Gasteiger partial charge is 0.294 e. The molecule has 0 bridgehead atoms. The van der Waals surface area contributed by atoms with Gasteiger partial charge in [0.05, 0.1) is 5.02 Å². The van der Waals surface area contributed by atoms with Gasteiger partial charge in [-0.1, -0.05) is 23.2 Å². The molecule has 0 saturated heterocycles. The maximum Gasteiger partial charge on any atom is 0.273 e. The quantitative estimate of drug-likeness (QED) is 0.932. The molecule has 106 valence electrons. The number of hydrogen-bond donors (Lipinski definition) is 1. The Morgan fingerprint density at radius 2 is 1.95 bits per heavy atom. The van der Waals surface area contributed by atoms with Gasteiger partial charge in [-0.2, -0.15) is 0 Å². The first-order valence-electron chi connectivity index (χ1n) is 5.81. The van der Waals surface area contributed by atoms with Crippen molar-refractivity contribution >= 4 is 33.2 Å². The number of benzene rings is 1. The first-order chi connectivity index (χ1) is 9.38. The van der Waals surface area contributed by atoms with Gasteiger partial charge in [0.15, 0.2) is 5.82 Å². The van der Waals surface area contributed by atoms with Crippen LogP contribution in [0.25, 0.3) is 11.4 Å². The van der Waals surface area contributed by atoms with Crippen molar-refractivity contribution < 1.29 is 8.42 Å². The van der Waals surface area contributed by atoms with Gasteiger partial charge < -0.3 is 0 Å². The van der Waals surface area contributed by atoms with E-state index in [2.05, 4.69) is 10.2 Å². The molecule has 1 aliphatic carbocycles. The lowest BCUT2D eigenvalue weighted by Gasteiger charge is -2.09. The monoisotopic (exact) mass is 332 g/mol. The zero-order valence-electron chi connectivity index (χ0n) is 10.1. The van der Waals surface area contributed by atoms with Crippen LogP contribution in [0.5, 0.6) is 0 Å². The second-order valence-corrected chi connectivity index (χ2v) is 6.88. The minimum absolute atomic E-state index is 0.0309. The Kier molecular flexibility index (Phi) is 3.24. The van der Waals surface area contributed by atoms with E-state index in [4.69, 9.17) is 28.3 Å². The summed E-state index contributed by atoms with van der Waals surface area (Å²) in [6.07, 6.45) is 1.71. The van der Waals surface area contributed by atoms with Crippen LogP contribution in [-0.4, -0.2) is 23.2 Å². The fourth-order valence-corrected chi connectivity index (χ4v) is 3.02. The van der Waals surface area contributed by atoms with Crippen LogP contribution in [0.15, 0.2) is 23.4 Å². The highest BCUT2D eigenvalue weighted by Crippen LogP contribution is 2.41. The van der Waals surface area contributed by atoms with Crippen LogP contribution in [0.2, 0.25) is 10.0 Å². The Hall–Kier alpha value is -1.15. The van der Waals surface area contributed by atoms with Crippen LogP contribution in [-0.2, 0) is 10.0 Å². The highest BCUT2D eigenvalue weighted by molar-refractivity contribution is 7.89. The van der Waals surface area contributed by atoms with E-state index in [1.54, 1.807) is 18.2 Å². The van der Waals surface area contributed by atoms with Crippen molar-refractivity contribution in [2.45, 2.75) is 24.0 Å². The van der Waals surface area contributed by atoms with Gasteiger partial charge in [-0.3, -0.25) is 4.57 Å². The van der Waals surface area contributed by atoms with Gasteiger partial charge in [0.2, 0.25) is 0 Å². The summed E-state index contributed by atoms with van der Waals surface area (Å²) in [6, 6.07) is 4.93. The van der Waals surface area contributed by atoms with Crippen molar-refractivity contribution in [3.05, 3.63) is 28.2 Å². The van der Waals surface area contributed by atoms with E-state index in [0.29, 0.717) is 21.4 Å². The van der Waals surface area contributed by atoms with Crippen molar-refractivity contribution in [2.75, 3.05) is 0 Å². The first kappa shape index (κ1) is 13.8. The smallest absolute Gasteiger partial charge is 0.273 e. The van der Waals surface area contributed by atoms with Gasteiger partial charge in [0.25, 0.3) is 15.2 Å². The molecular weight excluding hydrogens is 323 g/mol. The summed E-state index contributed by atoms with van der Waals surface area (Å²) >= 11 is 12.1. The van der Waals surface area contributed by atoms with E-state index in [0.717, 1.165) is 12.8 Å². The number of hydrogen-bond acceptors (Lipinski definition) is 4. The summed E-state index contributed by atoms with van der Waals surface area (Å²) in [5, 5.41) is 13.4. The Morgan fingerprint density at radius 1 is 1.25 bits per heavy atom. The Bertz CT molecular complexity index is 784. The van der Waals surface area contributed by atoms with Crippen molar-refractivity contribution in [3.63, 3.8) is 0 Å². The summed E-state index contributed by atoms with van der Waals surface area (Å²) in [5.74, 6) is 0.365. The molecule has 3 rings (SSSR count). The van der Waals surface area contributed by atoms with E-state index in [-0.39, 0.29) is 11.2 Å². The molecule has 9 heteroatoms. The third kappa shape index (κ3) is 2.42. The molecule has 0 amide bonds. The number of primary sulfonamides is 1. The van der Waals surface area contributed by atoms with Gasteiger partial charge in [0.1, 0.15) is 0 Å². The lowest BCUT2D eigenvalue weighted by atomic mass is 10.2. The van der Waals surface area contributed by atoms with Gasteiger partial charge >= 0.3 is 0 Å². The minimum Gasteiger partial charge on any atom is -0.294 e. The van der Waals surface area contributed by atoms with E-state index in [1.807, 2.05) is 0 Å². The maximum absolute atomic E-state index is 11.6. The van der Waals surface area contributed by atoms with E-state index >= 15 is 0 Å². The van der Waals surface area contributed by atoms with Crippen LogP contribution in [0.4, 0.5) is 0 Å². The van der Waals surface area contributed by atoms with Crippen LogP contribution >= 0.6 is 23.2 Å². The highest BCUT2D eigenvalue weighted by atomic mass is 35.5. The van der Waals surface area contributed by atoms with Crippen molar-refractivity contribution in [1.29, 1.82) is 0 Å². The topological polar surface area (TPSA) is 90.9 Å². The predicted octanol–water partition coefficient (Wildman–Crippen LogP) is 2.23. The molecule has 1 fully saturated rings. The van der Waals surface area contributed by atoms with E-state index < -0.39 is 10.0 Å². The molecule has 0 unspecified atom stereocenters. The predicted molar refractivity (Wildman–Crippen MR) is 75.1 cm³/mol. The van der Waals surface area contributed by atoms with Gasteiger partial charge in [0, 0.05) is 16.6 Å². The van der Waals surface area contributed by atoms with E-state index in [9.17, 15) is 8.42 Å². The molecule has 6 nitrogen and oxygen atoms in total. The zero-order valence-corrected chi connectivity index (χ0v) is 12.5. The molecule has 0 aliphatic heterocycles. The minimum atomic E-state index is -3.94. The van der Waals surface area contributed by atoms with Crippen LogP contribution in [0.1, 0.15) is 18.9 Å². The van der Waals surface area contributed by atoms with Crippen molar-refractivity contribution in [2.24, 2.45) is 5.14 Å². The normalized spacial score (nSPS) is 15.6. The molecular formula is C11H10Cl2N4O2S. The molecule has 1 aliphatic rings. The molecule has 1 aromatic carbocycles. The number of nitrogens with zero attached hydrogens (tertiary/aromatic N) is 3. The zero-order chi connectivity index (χ0) is 14.5. The van der Waals surface area contributed by atoms with E-state index in [1.165, 1.54) is 4.57 Å². The molecule has 0 spiro atoms. The number of halogens is 2. The lowest BCUT2D eigenvalue weighted by molar-refractivity contribution is 0.567. The second-order valence-electron chi connectivity index (χ2n) is 4.58. The van der Waals surface area contributed by atoms with Gasteiger partial charge in [-0.25, -0.2) is 13.6 Å². The second kappa shape index (κ2) is 4.70. The Morgan fingerprint density at radius 3 is 2.55 bits per heavy atom. The van der Waals surface area contributed by atoms with Gasteiger partial charge in [-0.05, 0) is 31.0 Å². The molecule has 2 aromatic rings. The lowest BCUT2D eigenvalue weighted by Crippen LogP contribution is -2.18. The number of rotatable bonds is 3. The fourth-order valence-electron chi connectivity index (χ4n) is 1.99. The standard InChI is InChI=1S/C11H10Cl2N4O2S/c12-6-1-4-9(13)8(5-6)10-15-16-11(20(14,18)19)17(10)7-2-3-7/h1,4-5,7H,2-3H2,(H2,14,18,19). The summed E-state index contributed by atoms with van der Waals surface area (Å²) < 4.78 is 24.7. The van der Waals surface area contributed by atoms with Crippen LogP contribution in [0, 0.1) is 0 Å². The molecule has 2 N–H and O–H groups in total. The number of sulfonamides is 1.